The summed E-state index contributed by atoms with van der Waals surface area (Å²) in [6.07, 6.45) is 0.604. The molecule has 132 valence electrons. The van der Waals surface area contributed by atoms with E-state index in [9.17, 15) is 9.90 Å². The minimum atomic E-state index is -0.517. The van der Waals surface area contributed by atoms with E-state index in [4.69, 9.17) is 4.42 Å². The van der Waals surface area contributed by atoms with Crippen LogP contribution in [0.5, 0.6) is 5.75 Å². The molecule has 1 aromatic heterocycles. The van der Waals surface area contributed by atoms with E-state index in [1.807, 2.05) is 11.8 Å². The quantitative estimate of drug-likeness (QED) is 0.882. The zero-order chi connectivity index (χ0) is 18.0. The predicted molar refractivity (Wildman–Crippen MR) is 103 cm³/mol. The van der Waals surface area contributed by atoms with Crippen molar-refractivity contribution in [3.63, 3.8) is 0 Å². The Morgan fingerprint density at radius 1 is 1.28 bits per heavy atom. The molecule has 0 saturated heterocycles. The van der Waals surface area contributed by atoms with Gasteiger partial charge in [0.25, 0.3) is 0 Å². The minimum Gasteiger partial charge on any atom is -0.507 e. The fourth-order valence-corrected chi connectivity index (χ4v) is 4.13. The number of nitrogens with zero attached hydrogens (tertiary/aromatic N) is 1. The Bertz CT molecular complexity index is 837. The van der Waals surface area contributed by atoms with Gasteiger partial charge in [-0.3, -0.25) is 4.99 Å². The maximum Gasteiger partial charge on any atom is 0.348 e. The molecule has 0 spiro atoms. The van der Waals surface area contributed by atoms with Crippen molar-refractivity contribution in [3.8, 4) is 5.75 Å². The Morgan fingerprint density at radius 3 is 2.64 bits per heavy atom. The van der Waals surface area contributed by atoms with Gasteiger partial charge in [-0.1, -0.05) is 38.1 Å². The normalized spacial score (nSPS) is 18.1. The first-order valence-corrected chi connectivity index (χ1v) is 9.59. The molecule has 1 aliphatic rings. The molecule has 0 fully saturated rings. The molecule has 0 amide bonds. The maximum absolute atomic E-state index is 12.2. The molecule has 25 heavy (non-hydrogen) atoms. The number of aromatic hydroxyl groups is 1. The van der Waals surface area contributed by atoms with Gasteiger partial charge in [0.2, 0.25) is 0 Å². The molecule has 4 nitrogen and oxygen atoms in total. The van der Waals surface area contributed by atoms with E-state index in [0.717, 1.165) is 5.75 Å². The Balaban J connectivity index is 1.91. The van der Waals surface area contributed by atoms with Gasteiger partial charge in [0.05, 0.1) is 5.71 Å². The summed E-state index contributed by atoms with van der Waals surface area (Å²) >= 11 is 1.84. The van der Waals surface area contributed by atoms with Crippen LogP contribution in [0.4, 0.5) is 0 Å². The van der Waals surface area contributed by atoms with E-state index in [2.05, 4.69) is 43.1 Å². The predicted octanol–water partition coefficient (Wildman–Crippen LogP) is 4.44. The average molecular weight is 357 g/mol. The Kier molecular flexibility index (Phi) is 5.33. The highest BCUT2D eigenvalue weighted by Crippen LogP contribution is 2.36. The van der Waals surface area contributed by atoms with E-state index in [1.165, 1.54) is 17.2 Å². The highest BCUT2D eigenvalue weighted by molar-refractivity contribution is 7.99. The minimum absolute atomic E-state index is 0.0479. The lowest BCUT2D eigenvalue weighted by Gasteiger charge is -2.17. The first kappa shape index (κ1) is 17.8. The monoisotopic (exact) mass is 357 g/mol. The summed E-state index contributed by atoms with van der Waals surface area (Å²) in [5.74, 6) is 1.74. The Hall–Kier alpha value is -2.01. The summed E-state index contributed by atoms with van der Waals surface area (Å²) in [6, 6.07) is 10.1. The molecule has 1 atom stereocenters. The molecule has 1 N–H and O–H groups in total. The average Bonchev–Trinajstić information content (AvgIpc) is 2.80. The molecule has 1 aliphatic heterocycles. The number of hydrogen-bond donors (Lipinski definition) is 1. The van der Waals surface area contributed by atoms with Crippen molar-refractivity contribution in [2.45, 2.75) is 38.4 Å². The molecule has 0 aliphatic carbocycles. The van der Waals surface area contributed by atoms with Crippen molar-refractivity contribution in [3.05, 3.63) is 63.2 Å². The van der Waals surface area contributed by atoms with Crippen LogP contribution in [0.15, 0.2) is 44.5 Å². The summed E-state index contributed by atoms with van der Waals surface area (Å²) in [7, 11) is 0. The van der Waals surface area contributed by atoms with Crippen LogP contribution in [-0.2, 0) is 0 Å². The second-order valence-electron chi connectivity index (χ2n) is 6.62. The SMILES string of the molecule is Cc1cc(O)c(C2=NCCS[C@@H](c3ccc(C(C)C)cc3)C2)c(=O)o1. The molecule has 2 heterocycles. The van der Waals surface area contributed by atoms with Crippen LogP contribution in [0.1, 0.15) is 53.9 Å². The van der Waals surface area contributed by atoms with E-state index in [-0.39, 0.29) is 16.6 Å². The van der Waals surface area contributed by atoms with Crippen LogP contribution < -0.4 is 5.63 Å². The van der Waals surface area contributed by atoms with Crippen LogP contribution in [0.3, 0.4) is 0 Å². The highest BCUT2D eigenvalue weighted by atomic mass is 32.2. The molecule has 3 rings (SSSR count). The van der Waals surface area contributed by atoms with Crippen LogP contribution >= 0.6 is 11.8 Å². The van der Waals surface area contributed by atoms with Gasteiger partial charge in [-0.15, -0.1) is 0 Å². The van der Waals surface area contributed by atoms with Crippen molar-refractivity contribution in [2.75, 3.05) is 12.3 Å². The van der Waals surface area contributed by atoms with Gasteiger partial charge >= 0.3 is 5.63 Å². The highest BCUT2D eigenvalue weighted by Gasteiger charge is 2.24. The van der Waals surface area contributed by atoms with Gasteiger partial charge in [-0.05, 0) is 24.0 Å². The van der Waals surface area contributed by atoms with Gasteiger partial charge in [0.15, 0.2) is 0 Å². The lowest BCUT2D eigenvalue weighted by Crippen LogP contribution is -2.17. The largest absolute Gasteiger partial charge is 0.507 e. The molecule has 5 heteroatoms. The van der Waals surface area contributed by atoms with E-state index >= 15 is 0 Å². The summed E-state index contributed by atoms with van der Waals surface area (Å²) in [6.45, 7) is 6.64. The molecule has 0 radical (unpaired) electrons. The third kappa shape index (κ3) is 3.98. The molecule has 0 unspecified atom stereocenters. The smallest absolute Gasteiger partial charge is 0.348 e. The topological polar surface area (TPSA) is 62.8 Å². The number of hydrogen-bond acceptors (Lipinski definition) is 5. The third-order valence-corrected chi connectivity index (χ3v) is 5.67. The van der Waals surface area contributed by atoms with Gasteiger partial charge < -0.3 is 9.52 Å². The lowest BCUT2D eigenvalue weighted by atomic mass is 9.98. The second-order valence-corrected chi connectivity index (χ2v) is 7.93. The number of benzene rings is 1. The fraction of sp³-hybridized carbons (Fsp3) is 0.400. The zero-order valence-corrected chi connectivity index (χ0v) is 15.6. The Labute approximate surface area is 152 Å². The number of thioether (sulfide) groups is 1. The molecule has 1 aromatic carbocycles. The van der Waals surface area contributed by atoms with Crippen molar-refractivity contribution in [1.82, 2.24) is 0 Å². The van der Waals surface area contributed by atoms with E-state index < -0.39 is 5.63 Å². The van der Waals surface area contributed by atoms with Crippen molar-refractivity contribution >= 4 is 17.5 Å². The number of aryl methyl sites for hydroxylation is 1. The van der Waals surface area contributed by atoms with Gasteiger partial charge in [0, 0.05) is 30.0 Å². The Morgan fingerprint density at radius 2 is 2.00 bits per heavy atom. The van der Waals surface area contributed by atoms with Crippen LogP contribution in [-0.4, -0.2) is 23.1 Å². The van der Waals surface area contributed by atoms with Gasteiger partial charge in [-0.2, -0.15) is 11.8 Å². The molecule has 0 bridgehead atoms. The molecular formula is C20H23NO3S. The first-order chi connectivity index (χ1) is 12.0. The van der Waals surface area contributed by atoms with Gasteiger partial charge in [0.1, 0.15) is 17.1 Å². The summed E-state index contributed by atoms with van der Waals surface area (Å²) in [5.41, 5.74) is 2.86. The van der Waals surface area contributed by atoms with Crippen molar-refractivity contribution < 1.29 is 9.52 Å². The number of rotatable bonds is 3. The molecule has 0 saturated carbocycles. The van der Waals surface area contributed by atoms with Crippen LogP contribution in [0.2, 0.25) is 0 Å². The van der Waals surface area contributed by atoms with Crippen molar-refractivity contribution in [1.29, 1.82) is 0 Å². The van der Waals surface area contributed by atoms with Crippen molar-refractivity contribution in [2.24, 2.45) is 4.99 Å². The van der Waals surface area contributed by atoms with E-state index in [1.54, 1.807) is 6.92 Å². The van der Waals surface area contributed by atoms with Gasteiger partial charge in [-0.25, -0.2) is 4.79 Å². The second kappa shape index (κ2) is 7.48. The lowest BCUT2D eigenvalue weighted by molar-refractivity contribution is 0.432. The summed E-state index contributed by atoms with van der Waals surface area (Å²) < 4.78 is 5.16. The van der Waals surface area contributed by atoms with E-state index in [0.29, 0.717) is 30.4 Å². The third-order valence-electron chi connectivity index (χ3n) is 4.41. The maximum atomic E-state index is 12.2. The molecular weight excluding hydrogens is 334 g/mol. The number of aliphatic imine (C=N–C) groups is 1. The first-order valence-electron chi connectivity index (χ1n) is 8.54. The van der Waals surface area contributed by atoms with Crippen LogP contribution in [0.25, 0.3) is 0 Å². The fourth-order valence-electron chi connectivity index (χ4n) is 3.03. The standard InChI is InChI=1S/C20H23NO3S/c1-12(2)14-4-6-15(7-5-14)18-11-16(21-8-9-25-18)19-17(22)10-13(3)24-20(19)23/h4-7,10,12,18,22H,8-9,11H2,1-3H3/t18-/m1/s1. The summed E-state index contributed by atoms with van der Waals surface area (Å²) in [4.78, 5) is 16.8. The summed E-state index contributed by atoms with van der Waals surface area (Å²) in [5, 5.41) is 10.4. The van der Waals surface area contributed by atoms with Crippen LogP contribution in [0, 0.1) is 6.92 Å². The molecule has 2 aromatic rings. The zero-order valence-electron chi connectivity index (χ0n) is 14.8.